The standard InChI is InChI=1S/C12H17Cl/c1-9(2)10(3)12-6-4-11(8-13)5-7-12/h4-7,9-10H,8H2,1-3H3. The van der Waals surface area contributed by atoms with E-state index in [0.717, 1.165) is 0 Å². The molecular formula is C12H17Cl. The van der Waals surface area contributed by atoms with E-state index in [1.54, 1.807) is 0 Å². The molecule has 1 heteroatoms. The molecule has 0 aliphatic heterocycles. The molecule has 1 atom stereocenters. The Kier molecular flexibility index (Phi) is 3.80. The smallest absolute Gasteiger partial charge is 0.0474 e. The van der Waals surface area contributed by atoms with Crippen molar-refractivity contribution in [2.45, 2.75) is 32.6 Å². The van der Waals surface area contributed by atoms with Crippen LogP contribution in [0.25, 0.3) is 0 Å². The van der Waals surface area contributed by atoms with Gasteiger partial charge in [-0.3, -0.25) is 0 Å². The average molecular weight is 197 g/mol. The first-order valence-corrected chi connectivity index (χ1v) is 5.33. The molecule has 0 aliphatic rings. The molecule has 13 heavy (non-hydrogen) atoms. The van der Waals surface area contributed by atoms with E-state index in [4.69, 9.17) is 11.6 Å². The highest BCUT2D eigenvalue weighted by Gasteiger charge is 2.08. The van der Waals surface area contributed by atoms with Crippen LogP contribution in [0, 0.1) is 5.92 Å². The van der Waals surface area contributed by atoms with E-state index < -0.39 is 0 Å². The van der Waals surface area contributed by atoms with Crippen molar-refractivity contribution in [2.24, 2.45) is 5.92 Å². The highest BCUT2D eigenvalue weighted by molar-refractivity contribution is 6.17. The zero-order chi connectivity index (χ0) is 9.84. The van der Waals surface area contributed by atoms with Crippen LogP contribution in [0.4, 0.5) is 0 Å². The molecule has 72 valence electrons. The van der Waals surface area contributed by atoms with Crippen LogP contribution in [-0.4, -0.2) is 0 Å². The van der Waals surface area contributed by atoms with E-state index in [-0.39, 0.29) is 0 Å². The summed E-state index contributed by atoms with van der Waals surface area (Å²) in [5.74, 6) is 1.93. The maximum atomic E-state index is 5.72. The largest absolute Gasteiger partial charge is 0.122 e. The molecule has 1 aromatic rings. The maximum Gasteiger partial charge on any atom is 0.0474 e. The molecular weight excluding hydrogens is 180 g/mol. The van der Waals surface area contributed by atoms with Gasteiger partial charge in [0.25, 0.3) is 0 Å². The van der Waals surface area contributed by atoms with Gasteiger partial charge in [0.15, 0.2) is 0 Å². The van der Waals surface area contributed by atoms with Gasteiger partial charge in [0.05, 0.1) is 0 Å². The topological polar surface area (TPSA) is 0 Å². The van der Waals surface area contributed by atoms with E-state index in [1.807, 2.05) is 0 Å². The highest BCUT2D eigenvalue weighted by Crippen LogP contribution is 2.23. The highest BCUT2D eigenvalue weighted by atomic mass is 35.5. The second kappa shape index (κ2) is 4.66. The molecule has 0 radical (unpaired) electrons. The van der Waals surface area contributed by atoms with E-state index in [1.165, 1.54) is 11.1 Å². The van der Waals surface area contributed by atoms with E-state index in [2.05, 4.69) is 45.0 Å². The first-order valence-electron chi connectivity index (χ1n) is 4.80. The summed E-state index contributed by atoms with van der Waals surface area (Å²) in [5.41, 5.74) is 2.60. The van der Waals surface area contributed by atoms with Gasteiger partial charge in [0.2, 0.25) is 0 Å². The second-order valence-electron chi connectivity index (χ2n) is 3.91. The first-order chi connectivity index (χ1) is 6.15. The Labute approximate surface area is 85.9 Å². The van der Waals surface area contributed by atoms with Crippen LogP contribution in [-0.2, 0) is 5.88 Å². The Hall–Kier alpha value is -0.490. The predicted octanol–water partition coefficient (Wildman–Crippen LogP) is 4.18. The Morgan fingerprint density at radius 3 is 2.00 bits per heavy atom. The van der Waals surface area contributed by atoms with Crippen LogP contribution in [0.2, 0.25) is 0 Å². The second-order valence-corrected chi connectivity index (χ2v) is 4.18. The zero-order valence-electron chi connectivity index (χ0n) is 8.55. The quantitative estimate of drug-likeness (QED) is 0.637. The Morgan fingerprint density at radius 1 is 1.08 bits per heavy atom. The van der Waals surface area contributed by atoms with Gasteiger partial charge in [0, 0.05) is 5.88 Å². The number of benzene rings is 1. The third kappa shape index (κ3) is 2.73. The van der Waals surface area contributed by atoms with Crippen LogP contribution < -0.4 is 0 Å². The van der Waals surface area contributed by atoms with Gasteiger partial charge in [-0.05, 0) is 23.0 Å². The summed E-state index contributed by atoms with van der Waals surface area (Å²) in [7, 11) is 0. The van der Waals surface area contributed by atoms with Gasteiger partial charge < -0.3 is 0 Å². The normalized spacial score (nSPS) is 13.3. The number of hydrogen-bond acceptors (Lipinski definition) is 0. The molecule has 0 saturated carbocycles. The van der Waals surface area contributed by atoms with E-state index in [0.29, 0.717) is 17.7 Å². The number of hydrogen-bond donors (Lipinski definition) is 0. The van der Waals surface area contributed by atoms with Crippen molar-refractivity contribution in [3.8, 4) is 0 Å². The number of rotatable bonds is 3. The van der Waals surface area contributed by atoms with Crippen LogP contribution in [0.1, 0.15) is 37.8 Å². The molecule has 0 aliphatic carbocycles. The van der Waals surface area contributed by atoms with Crippen molar-refractivity contribution in [2.75, 3.05) is 0 Å². The molecule has 1 unspecified atom stereocenters. The minimum absolute atomic E-state index is 0.607. The Bertz CT molecular complexity index is 248. The third-order valence-electron chi connectivity index (χ3n) is 2.66. The van der Waals surface area contributed by atoms with E-state index >= 15 is 0 Å². The van der Waals surface area contributed by atoms with E-state index in [9.17, 15) is 0 Å². The summed E-state index contributed by atoms with van der Waals surface area (Å²) in [5, 5.41) is 0. The SMILES string of the molecule is CC(C)C(C)c1ccc(CCl)cc1. The van der Waals surface area contributed by atoms with Crippen LogP contribution in [0.5, 0.6) is 0 Å². The molecule has 1 rings (SSSR count). The lowest BCUT2D eigenvalue weighted by atomic mass is 9.90. The summed E-state index contributed by atoms with van der Waals surface area (Å²) in [6.07, 6.45) is 0. The molecule has 0 bridgehead atoms. The fourth-order valence-corrected chi connectivity index (χ4v) is 1.47. The van der Waals surface area contributed by atoms with Crippen molar-refractivity contribution in [3.63, 3.8) is 0 Å². The lowest BCUT2D eigenvalue weighted by molar-refractivity contribution is 0.535. The van der Waals surface area contributed by atoms with Crippen molar-refractivity contribution < 1.29 is 0 Å². The first kappa shape index (κ1) is 10.6. The molecule has 0 spiro atoms. The Morgan fingerprint density at radius 2 is 1.62 bits per heavy atom. The minimum Gasteiger partial charge on any atom is -0.122 e. The average Bonchev–Trinajstić information content (AvgIpc) is 2.17. The summed E-state index contributed by atoms with van der Waals surface area (Å²) >= 11 is 5.72. The lowest BCUT2D eigenvalue weighted by Gasteiger charge is -2.15. The van der Waals surface area contributed by atoms with Crippen molar-refractivity contribution >= 4 is 11.6 Å². The van der Waals surface area contributed by atoms with Crippen LogP contribution >= 0.6 is 11.6 Å². The summed E-state index contributed by atoms with van der Waals surface area (Å²) in [6, 6.07) is 8.59. The fraction of sp³-hybridized carbons (Fsp3) is 0.500. The number of halogens is 1. The molecule has 0 amide bonds. The maximum absolute atomic E-state index is 5.72. The van der Waals surface area contributed by atoms with Crippen molar-refractivity contribution in [1.82, 2.24) is 0 Å². The van der Waals surface area contributed by atoms with Crippen molar-refractivity contribution in [3.05, 3.63) is 35.4 Å². The molecule has 0 saturated heterocycles. The van der Waals surface area contributed by atoms with Gasteiger partial charge in [0.1, 0.15) is 0 Å². The molecule has 0 heterocycles. The predicted molar refractivity (Wildman–Crippen MR) is 59.3 cm³/mol. The molecule has 0 aromatic heterocycles. The van der Waals surface area contributed by atoms with Gasteiger partial charge in [-0.15, -0.1) is 11.6 Å². The van der Waals surface area contributed by atoms with Crippen LogP contribution in [0.15, 0.2) is 24.3 Å². The van der Waals surface area contributed by atoms with Gasteiger partial charge >= 0.3 is 0 Å². The lowest BCUT2D eigenvalue weighted by Crippen LogP contribution is -2.01. The molecule has 0 fully saturated rings. The molecule has 1 aromatic carbocycles. The third-order valence-corrected chi connectivity index (χ3v) is 2.97. The molecule has 0 nitrogen and oxygen atoms in total. The Balaban J connectivity index is 2.79. The van der Waals surface area contributed by atoms with Gasteiger partial charge in [-0.1, -0.05) is 45.0 Å². The monoisotopic (exact) mass is 196 g/mol. The number of alkyl halides is 1. The summed E-state index contributed by atoms with van der Waals surface area (Å²) < 4.78 is 0. The summed E-state index contributed by atoms with van der Waals surface area (Å²) in [4.78, 5) is 0. The van der Waals surface area contributed by atoms with Gasteiger partial charge in [-0.2, -0.15) is 0 Å². The van der Waals surface area contributed by atoms with Gasteiger partial charge in [-0.25, -0.2) is 0 Å². The van der Waals surface area contributed by atoms with Crippen molar-refractivity contribution in [1.29, 1.82) is 0 Å². The molecule has 0 N–H and O–H groups in total. The summed E-state index contributed by atoms with van der Waals surface area (Å²) in [6.45, 7) is 6.76. The van der Waals surface area contributed by atoms with Crippen LogP contribution in [0.3, 0.4) is 0 Å². The fourth-order valence-electron chi connectivity index (χ4n) is 1.30. The zero-order valence-corrected chi connectivity index (χ0v) is 9.31. The minimum atomic E-state index is 0.607.